The summed E-state index contributed by atoms with van der Waals surface area (Å²) < 4.78 is 11.0. The predicted octanol–water partition coefficient (Wildman–Crippen LogP) is 2.07. The van der Waals surface area contributed by atoms with E-state index in [1.54, 1.807) is 48.5 Å². The first-order valence-electron chi connectivity index (χ1n) is 13.1. The summed E-state index contributed by atoms with van der Waals surface area (Å²) in [5.74, 6) is 0.249. The molecule has 3 fully saturated rings. The predicted molar refractivity (Wildman–Crippen MR) is 140 cm³/mol. The number of rotatable bonds is 8. The molecule has 2 atom stereocenters. The van der Waals surface area contributed by atoms with Gasteiger partial charge in [-0.3, -0.25) is 29.0 Å². The third-order valence-corrected chi connectivity index (χ3v) is 7.25. The molecular formula is C28H32N4O6. The zero-order valence-electron chi connectivity index (χ0n) is 21.7. The van der Waals surface area contributed by atoms with Crippen LogP contribution in [0, 0.1) is 0 Å². The SMILES string of the molecule is CCOc1cccc(N2C(=O)C[C@@H](N3CCN([C@H]4CC(=O)N(c5cccc(OCC)c5)C4=O)CC3)C2=O)c1. The maximum absolute atomic E-state index is 13.3. The lowest BCUT2D eigenvalue weighted by Crippen LogP contribution is -2.56. The van der Waals surface area contributed by atoms with E-state index in [4.69, 9.17) is 9.47 Å². The Bertz CT molecular complexity index is 1150. The average molecular weight is 521 g/mol. The fraction of sp³-hybridized carbons (Fsp3) is 0.429. The Kier molecular flexibility index (Phi) is 7.44. The van der Waals surface area contributed by atoms with Gasteiger partial charge in [-0.2, -0.15) is 0 Å². The smallest absolute Gasteiger partial charge is 0.251 e. The molecule has 38 heavy (non-hydrogen) atoms. The van der Waals surface area contributed by atoms with E-state index in [2.05, 4.69) is 0 Å². The van der Waals surface area contributed by atoms with E-state index >= 15 is 0 Å². The molecule has 3 saturated heterocycles. The number of carbonyl (C=O) groups excluding carboxylic acids is 4. The molecule has 0 N–H and O–H groups in total. The monoisotopic (exact) mass is 520 g/mol. The number of amides is 4. The lowest BCUT2D eigenvalue weighted by Gasteiger charge is -2.38. The zero-order chi connectivity index (χ0) is 26.8. The molecule has 10 nitrogen and oxygen atoms in total. The van der Waals surface area contributed by atoms with Crippen LogP contribution in [-0.4, -0.2) is 84.9 Å². The minimum atomic E-state index is -0.542. The van der Waals surface area contributed by atoms with Gasteiger partial charge < -0.3 is 9.47 Å². The molecular weight excluding hydrogens is 488 g/mol. The summed E-state index contributed by atoms with van der Waals surface area (Å²) in [4.78, 5) is 58.7. The first-order valence-corrected chi connectivity index (χ1v) is 13.1. The minimum absolute atomic E-state index is 0.114. The van der Waals surface area contributed by atoms with E-state index < -0.39 is 12.1 Å². The number of benzene rings is 2. The van der Waals surface area contributed by atoms with Crippen LogP contribution in [0.15, 0.2) is 48.5 Å². The molecule has 2 aromatic carbocycles. The third-order valence-electron chi connectivity index (χ3n) is 7.25. The normalized spacial score (nSPS) is 23.0. The molecule has 0 radical (unpaired) electrons. The molecule has 0 bridgehead atoms. The number of ether oxygens (including phenoxy) is 2. The number of imide groups is 2. The van der Waals surface area contributed by atoms with Crippen molar-refractivity contribution < 1.29 is 28.7 Å². The highest BCUT2D eigenvalue weighted by atomic mass is 16.5. The van der Waals surface area contributed by atoms with Gasteiger partial charge >= 0.3 is 0 Å². The fourth-order valence-corrected chi connectivity index (χ4v) is 5.46. The van der Waals surface area contributed by atoms with Crippen molar-refractivity contribution in [3.63, 3.8) is 0 Å². The molecule has 200 valence electrons. The Morgan fingerprint density at radius 1 is 0.658 bits per heavy atom. The summed E-state index contributed by atoms with van der Waals surface area (Å²) >= 11 is 0. The van der Waals surface area contributed by atoms with Crippen LogP contribution in [0.1, 0.15) is 26.7 Å². The highest BCUT2D eigenvalue weighted by Crippen LogP contribution is 2.31. The zero-order valence-corrected chi connectivity index (χ0v) is 21.7. The van der Waals surface area contributed by atoms with Gasteiger partial charge in [-0.05, 0) is 38.1 Å². The molecule has 0 unspecified atom stereocenters. The van der Waals surface area contributed by atoms with Gasteiger partial charge in [0.25, 0.3) is 11.8 Å². The summed E-state index contributed by atoms with van der Waals surface area (Å²) in [6.07, 6.45) is 0.227. The Labute approximate surface area is 221 Å². The second-order valence-corrected chi connectivity index (χ2v) is 9.51. The Balaban J connectivity index is 1.22. The van der Waals surface area contributed by atoms with Crippen molar-refractivity contribution in [3.05, 3.63) is 48.5 Å². The van der Waals surface area contributed by atoms with E-state index in [0.29, 0.717) is 62.3 Å². The van der Waals surface area contributed by atoms with Crippen LogP contribution in [-0.2, 0) is 19.2 Å². The molecule has 2 aromatic rings. The second kappa shape index (κ2) is 10.9. The summed E-state index contributed by atoms with van der Waals surface area (Å²) in [6.45, 7) is 6.82. The van der Waals surface area contributed by atoms with Crippen molar-refractivity contribution in [3.8, 4) is 11.5 Å². The highest BCUT2D eigenvalue weighted by molar-refractivity contribution is 6.23. The summed E-state index contributed by atoms with van der Waals surface area (Å²) in [5.41, 5.74) is 1.02. The van der Waals surface area contributed by atoms with Crippen molar-refractivity contribution in [1.82, 2.24) is 9.80 Å². The van der Waals surface area contributed by atoms with Gasteiger partial charge in [0.2, 0.25) is 11.8 Å². The van der Waals surface area contributed by atoms with Crippen molar-refractivity contribution in [1.29, 1.82) is 0 Å². The second-order valence-electron chi connectivity index (χ2n) is 9.51. The molecule has 3 heterocycles. The Hall–Kier alpha value is -3.76. The lowest BCUT2D eigenvalue weighted by molar-refractivity contribution is -0.126. The van der Waals surface area contributed by atoms with Crippen LogP contribution < -0.4 is 19.3 Å². The van der Waals surface area contributed by atoms with Gasteiger partial charge in [0.1, 0.15) is 11.5 Å². The largest absolute Gasteiger partial charge is 0.494 e. The van der Waals surface area contributed by atoms with Gasteiger partial charge in [-0.1, -0.05) is 12.1 Å². The number of hydrogen-bond donors (Lipinski definition) is 0. The van der Waals surface area contributed by atoms with Crippen molar-refractivity contribution in [2.75, 3.05) is 49.2 Å². The summed E-state index contributed by atoms with van der Waals surface area (Å²) in [7, 11) is 0. The maximum atomic E-state index is 13.3. The minimum Gasteiger partial charge on any atom is -0.494 e. The number of nitrogens with zero attached hydrogens (tertiary/aromatic N) is 4. The van der Waals surface area contributed by atoms with Crippen LogP contribution in [0.3, 0.4) is 0 Å². The van der Waals surface area contributed by atoms with Gasteiger partial charge in [-0.25, -0.2) is 9.80 Å². The molecule has 10 heteroatoms. The molecule has 0 aliphatic carbocycles. The van der Waals surface area contributed by atoms with Crippen LogP contribution in [0.25, 0.3) is 0 Å². The van der Waals surface area contributed by atoms with E-state index in [0.717, 1.165) is 0 Å². The number of hydrogen-bond acceptors (Lipinski definition) is 8. The molecule has 0 saturated carbocycles. The van der Waals surface area contributed by atoms with Crippen molar-refractivity contribution in [2.24, 2.45) is 0 Å². The molecule has 5 rings (SSSR count). The molecule has 3 aliphatic rings. The fourth-order valence-electron chi connectivity index (χ4n) is 5.46. The van der Waals surface area contributed by atoms with Crippen LogP contribution >= 0.6 is 0 Å². The quantitative estimate of drug-likeness (QED) is 0.488. The average Bonchev–Trinajstić information content (AvgIpc) is 3.38. The van der Waals surface area contributed by atoms with Crippen LogP contribution in [0.2, 0.25) is 0 Å². The maximum Gasteiger partial charge on any atom is 0.251 e. The number of piperazine rings is 1. The van der Waals surface area contributed by atoms with Gasteiger partial charge in [-0.15, -0.1) is 0 Å². The van der Waals surface area contributed by atoms with E-state index in [9.17, 15) is 19.2 Å². The van der Waals surface area contributed by atoms with E-state index in [1.807, 2.05) is 23.6 Å². The highest BCUT2D eigenvalue weighted by Gasteiger charge is 2.46. The van der Waals surface area contributed by atoms with Gasteiger partial charge in [0.05, 0.1) is 49.5 Å². The van der Waals surface area contributed by atoms with E-state index in [1.165, 1.54) is 9.80 Å². The molecule has 0 spiro atoms. The lowest BCUT2D eigenvalue weighted by atomic mass is 10.1. The topological polar surface area (TPSA) is 99.7 Å². The van der Waals surface area contributed by atoms with Gasteiger partial charge in [0.15, 0.2) is 0 Å². The van der Waals surface area contributed by atoms with Crippen molar-refractivity contribution in [2.45, 2.75) is 38.8 Å². The Morgan fingerprint density at radius 2 is 1.05 bits per heavy atom. The van der Waals surface area contributed by atoms with E-state index in [-0.39, 0.29) is 36.5 Å². The summed E-state index contributed by atoms with van der Waals surface area (Å²) in [6, 6.07) is 12.9. The van der Waals surface area contributed by atoms with Crippen LogP contribution in [0.4, 0.5) is 11.4 Å². The number of anilines is 2. The molecule has 0 aromatic heterocycles. The van der Waals surface area contributed by atoms with Crippen molar-refractivity contribution >= 4 is 35.0 Å². The van der Waals surface area contributed by atoms with Gasteiger partial charge in [0, 0.05) is 38.3 Å². The van der Waals surface area contributed by atoms with Crippen LogP contribution in [0.5, 0.6) is 11.5 Å². The first kappa shape index (κ1) is 25.9. The molecule has 4 amide bonds. The first-order chi connectivity index (χ1) is 18.4. The standard InChI is InChI=1S/C28H32N4O6/c1-3-37-21-9-5-7-19(15-21)31-25(33)17-23(27(31)35)29-11-13-30(14-12-29)24-18-26(34)32(28(24)36)20-8-6-10-22(16-20)38-4-2/h5-10,15-16,23-24H,3-4,11-14,17-18H2,1-2H3/t23-,24+. The Morgan fingerprint density at radius 3 is 1.42 bits per heavy atom. The molecule has 3 aliphatic heterocycles. The summed E-state index contributed by atoms with van der Waals surface area (Å²) in [5, 5.41) is 0. The number of carbonyl (C=O) groups is 4. The third kappa shape index (κ3) is 4.89.